The first-order valence-electron chi connectivity index (χ1n) is 19.6. The van der Waals surface area contributed by atoms with Crippen LogP contribution in [-0.2, 0) is 5.54 Å². The van der Waals surface area contributed by atoms with Crippen LogP contribution in [0, 0.1) is 27.7 Å². The Hall–Kier alpha value is -6.64. The van der Waals surface area contributed by atoms with E-state index in [1.807, 2.05) is 0 Å². The van der Waals surface area contributed by atoms with Crippen LogP contribution in [0.15, 0.2) is 188 Å². The molecule has 0 radical (unpaired) electrons. The van der Waals surface area contributed by atoms with Crippen molar-refractivity contribution < 1.29 is 0 Å². The molecule has 2 nitrogen and oxygen atoms in total. The predicted molar refractivity (Wildman–Crippen MR) is 240 cm³/mol. The lowest BCUT2D eigenvalue weighted by Crippen LogP contribution is -2.35. The summed E-state index contributed by atoms with van der Waals surface area (Å²) >= 11 is 0. The van der Waals surface area contributed by atoms with Crippen molar-refractivity contribution in [2.45, 2.75) is 39.7 Å². The van der Waals surface area contributed by atoms with E-state index in [0.29, 0.717) is 0 Å². The third-order valence-corrected chi connectivity index (χ3v) is 11.4. The Morgan fingerprint density at radius 2 is 1.05 bits per heavy atom. The summed E-state index contributed by atoms with van der Waals surface area (Å²) in [5, 5.41) is 8.94. The van der Waals surface area contributed by atoms with Gasteiger partial charge >= 0.3 is 0 Å². The number of fused-ring (bicyclic) bond motifs is 2. The second kappa shape index (κ2) is 14.5. The second-order valence-corrected chi connectivity index (χ2v) is 15.5. The summed E-state index contributed by atoms with van der Waals surface area (Å²) in [4.78, 5) is 2.38. The van der Waals surface area contributed by atoms with E-state index in [1.54, 1.807) is 0 Å². The maximum absolute atomic E-state index is 3.98. The highest BCUT2D eigenvalue weighted by atomic mass is 15.1. The van der Waals surface area contributed by atoms with Gasteiger partial charge < -0.3 is 10.2 Å². The molecule has 0 amide bonds. The van der Waals surface area contributed by atoms with Crippen molar-refractivity contribution in [3.8, 4) is 11.1 Å². The fourth-order valence-corrected chi connectivity index (χ4v) is 8.51. The molecular formula is C54H46N2. The number of benzene rings is 8. The van der Waals surface area contributed by atoms with Gasteiger partial charge in [-0.15, -0.1) is 0 Å². The first kappa shape index (κ1) is 35.1. The number of anilines is 4. The number of rotatable bonds is 8. The minimum absolute atomic E-state index is 0.358. The van der Waals surface area contributed by atoms with Gasteiger partial charge in [0, 0.05) is 22.7 Å². The monoisotopic (exact) mass is 722 g/mol. The zero-order valence-corrected chi connectivity index (χ0v) is 32.6. The smallest absolute Gasteiger partial charge is 0.0850 e. The third-order valence-electron chi connectivity index (χ3n) is 11.4. The van der Waals surface area contributed by atoms with Gasteiger partial charge in [-0.3, -0.25) is 0 Å². The fourth-order valence-electron chi connectivity index (χ4n) is 8.51. The predicted octanol–water partition coefficient (Wildman–Crippen LogP) is 14.7. The van der Waals surface area contributed by atoms with Gasteiger partial charge in [0.15, 0.2) is 0 Å². The van der Waals surface area contributed by atoms with Crippen molar-refractivity contribution in [2.24, 2.45) is 0 Å². The van der Waals surface area contributed by atoms with Gasteiger partial charge in [0.05, 0.1) is 5.54 Å². The molecule has 0 heterocycles. The minimum Gasteiger partial charge on any atom is -0.372 e. The zero-order chi connectivity index (χ0) is 38.2. The maximum atomic E-state index is 3.98. The van der Waals surface area contributed by atoms with Gasteiger partial charge in [-0.2, -0.15) is 0 Å². The summed E-state index contributed by atoms with van der Waals surface area (Å²) in [6.07, 6.45) is 7.91. The molecule has 0 aromatic heterocycles. The summed E-state index contributed by atoms with van der Waals surface area (Å²) in [7, 11) is 0. The standard InChI is InChI=1S/C54H46N2/c1-37-13-27-52(39(3)33-37)54(55-49-23-19-41-9-5-7-11-47(41)35-49)31-29-46(30-32-54)44-17-15-43(16-18-44)45-20-24-50(25-21-45)56(53-28-14-38(2)34-40(53)4)51-26-22-42-10-6-8-12-48(42)36-51/h5-31,33-36,55H,32H2,1-4H3. The van der Waals surface area contributed by atoms with E-state index < -0.39 is 0 Å². The molecule has 1 aliphatic rings. The quantitative estimate of drug-likeness (QED) is 0.168. The normalized spacial score (nSPS) is 15.2. The molecule has 1 N–H and O–H groups in total. The summed E-state index contributed by atoms with van der Waals surface area (Å²) < 4.78 is 0. The van der Waals surface area contributed by atoms with Crippen LogP contribution in [0.5, 0.6) is 0 Å². The lowest BCUT2D eigenvalue weighted by molar-refractivity contribution is 0.615. The topological polar surface area (TPSA) is 15.3 Å². The Morgan fingerprint density at radius 1 is 0.482 bits per heavy atom. The lowest BCUT2D eigenvalue weighted by Gasteiger charge is -2.36. The number of nitrogens with one attached hydrogen (secondary N) is 1. The molecule has 0 saturated heterocycles. The molecule has 1 aliphatic carbocycles. The van der Waals surface area contributed by atoms with Crippen LogP contribution in [0.25, 0.3) is 38.2 Å². The Labute approximate surface area is 331 Å². The molecule has 2 heteroatoms. The van der Waals surface area contributed by atoms with Crippen LogP contribution in [0.1, 0.15) is 39.8 Å². The average molecular weight is 723 g/mol. The molecule has 0 spiro atoms. The van der Waals surface area contributed by atoms with Crippen LogP contribution in [0.3, 0.4) is 0 Å². The van der Waals surface area contributed by atoms with Gasteiger partial charge in [-0.1, -0.05) is 157 Å². The number of nitrogens with zero attached hydrogens (tertiary/aromatic N) is 1. The molecule has 1 atom stereocenters. The molecule has 0 aliphatic heterocycles. The molecule has 1 unspecified atom stereocenters. The molecule has 272 valence electrons. The second-order valence-electron chi connectivity index (χ2n) is 15.5. The lowest BCUT2D eigenvalue weighted by atomic mass is 9.78. The van der Waals surface area contributed by atoms with Crippen LogP contribution >= 0.6 is 0 Å². The fraction of sp³-hybridized carbons (Fsp3) is 0.111. The van der Waals surface area contributed by atoms with E-state index in [4.69, 9.17) is 0 Å². The van der Waals surface area contributed by atoms with Crippen molar-refractivity contribution in [1.29, 1.82) is 0 Å². The van der Waals surface area contributed by atoms with E-state index in [9.17, 15) is 0 Å². The Kier molecular flexibility index (Phi) is 9.11. The summed E-state index contributed by atoms with van der Waals surface area (Å²) in [5.41, 5.74) is 15.5. The number of allylic oxidation sites excluding steroid dienone is 2. The highest BCUT2D eigenvalue weighted by Crippen LogP contribution is 2.41. The molecule has 0 bridgehead atoms. The first-order chi connectivity index (χ1) is 27.3. The van der Waals surface area contributed by atoms with Gasteiger partial charge in [-0.05, 0) is 137 Å². The molecule has 0 saturated carbocycles. The van der Waals surface area contributed by atoms with Gasteiger partial charge in [0.2, 0.25) is 0 Å². The van der Waals surface area contributed by atoms with E-state index in [2.05, 4.69) is 226 Å². The molecular weight excluding hydrogens is 677 g/mol. The molecule has 56 heavy (non-hydrogen) atoms. The molecule has 8 aromatic rings. The summed E-state index contributed by atoms with van der Waals surface area (Å²) in [6, 6.07) is 62.1. The number of hydrogen-bond acceptors (Lipinski definition) is 2. The van der Waals surface area contributed by atoms with Gasteiger partial charge in [0.1, 0.15) is 0 Å². The van der Waals surface area contributed by atoms with Crippen molar-refractivity contribution in [1.82, 2.24) is 0 Å². The largest absolute Gasteiger partial charge is 0.372 e. The van der Waals surface area contributed by atoms with Crippen molar-refractivity contribution >= 4 is 49.9 Å². The SMILES string of the molecule is Cc1ccc(N(c2ccc(-c3ccc(C4=CCC(Nc5ccc6ccccc6c5)(c5ccc(C)cc5C)C=C4)cc3)cc2)c2ccc3ccccc3c2)c(C)c1. The average Bonchev–Trinajstić information content (AvgIpc) is 3.22. The highest BCUT2D eigenvalue weighted by molar-refractivity contribution is 5.90. The number of aryl methyl sites for hydroxylation is 4. The van der Waals surface area contributed by atoms with Crippen LogP contribution in [-0.4, -0.2) is 0 Å². The molecule has 8 aromatic carbocycles. The Bertz CT molecular complexity index is 2790. The summed E-state index contributed by atoms with van der Waals surface area (Å²) in [5.74, 6) is 0. The van der Waals surface area contributed by atoms with Gasteiger partial charge in [-0.25, -0.2) is 0 Å². The van der Waals surface area contributed by atoms with Gasteiger partial charge in [0.25, 0.3) is 0 Å². The first-order valence-corrected chi connectivity index (χ1v) is 19.6. The Balaban J connectivity index is 0.988. The number of hydrogen-bond donors (Lipinski definition) is 1. The maximum Gasteiger partial charge on any atom is 0.0850 e. The van der Waals surface area contributed by atoms with Crippen LogP contribution in [0.2, 0.25) is 0 Å². The van der Waals surface area contributed by atoms with E-state index in [-0.39, 0.29) is 5.54 Å². The van der Waals surface area contributed by atoms with Crippen molar-refractivity contribution in [3.63, 3.8) is 0 Å². The van der Waals surface area contributed by atoms with Crippen LogP contribution in [0.4, 0.5) is 22.7 Å². The summed E-state index contributed by atoms with van der Waals surface area (Å²) in [6.45, 7) is 8.76. The van der Waals surface area contributed by atoms with Crippen molar-refractivity contribution in [3.05, 3.63) is 221 Å². The zero-order valence-electron chi connectivity index (χ0n) is 32.6. The molecule has 9 rings (SSSR count). The minimum atomic E-state index is -0.358. The van der Waals surface area contributed by atoms with E-state index in [0.717, 1.165) is 23.5 Å². The molecule has 0 fully saturated rings. The van der Waals surface area contributed by atoms with Crippen molar-refractivity contribution in [2.75, 3.05) is 10.2 Å². The van der Waals surface area contributed by atoms with Crippen LogP contribution < -0.4 is 10.2 Å². The van der Waals surface area contributed by atoms with E-state index >= 15 is 0 Å². The Morgan fingerprint density at radius 3 is 1.70 bits per heavy atom. The van der Waals surface area contributed by atoms with E-state index in [1.165, 1.54) is 77.3 Å². The third kappa shape index (κ3) is 6.80. The highest BCUT2D eigenvalue weighted by Gasteiger charge is 2.32.